The van der Waals surface area contributed by atoms with Crippen LogP contribution in [0, 0.1) is 0 Å². The maximum Gasteiger partial charge on any atom is 0.118 e. The topological polar surface area (TPSA) is 47.0 Å². The zero-order valence-electron chi connectivity index (χ0n) is 9.92. The molecule has 0 saturated carbocycles. The summed E-state index contributed by atoms with van der Waals surface area (Å²) in [5.41, 5.74) is 2.10. The number of nitrogens with one attached hydrogen (secondary N) is 1. The average molecular weight is 229 g/mol. The van der Waals surface area contributed by atoms with Gasteiger partial charge in [-0.15, -0.1) is 0 Å². The molecule has 2 rings (SSSR count). The van der Waals surface area contributed by atoms with E-state index in [-0.39, 0.29) is 6.04 Å². The Bertz CT molecular complexity index is 456. The Morgan fingerprint density at radius 2 is 1.76 bits per heavy atom. The summed E-state index contributed by atoms with van der Waals surface area (Å²) in [7, 11) is 1.66. The standard InChI is InChI=1S/C13H15N3O/c1-10(16-12-7-14-9-15-8-12)11-3-5-13(17-2)6-4-11/h3-10,16H,1-2H3. The van der Waals surface area contributed by atoms with E-state index in [0.29, 0.717) is 0 Å². The molecule has 0 aliphatic rings. The van der Waals surface area contributed by atoms with Crippen molar-refractivity contribution in [2.24, 2.45) is 0 Å². The lowest BCUT2D eigenvalue weighted by Gasteiger charge is -2.15. The largest absolute Gasteiger partial charge is 0.497 e. The fourth-order valence-corrected chi connectivity index (χ4v) is 1.60. The number of benzene rings is 1. The van der Waals surface area contributed by atoms with Gasteiger partial charge in [0.2, 0.25) is 0 Å². The minimum absolute atomic E-state index is 0.201. The summed E-state index contributed by atoms with van der Waals surface area (Å²) in [5, 5.41) is 3.33. The summed E-state index contributed by atoms with van der Waals surface area (Å²) in [5.74, 6) is 0.865. The van der Waals surface area contributed by atoms with Crippen LogP contribution in [0.15, 0.2) is 43.0 Å². The van der Waals surface area contributed by atoms with E-state index in [0.717, 1.165) is 11.4 Å². The molecule has 0 saturated heterocycles. The van der Waals surface area contributed by atoms with E-state index < -0.39 is 0 Å². The van der Waals surface area contributed by atoms with Gasteiger partial charge >= 0.3 is 0 Å². The van der Waals surface area contributed by atoms with E-state index in [2.05, 4.69) is 22.2 Å². The fraction of sp³-hybridized carbons (Fsp3) is 0.231. The lowest BCUT2D eigenvalue weighted by atomic mass is 10.1. The van der Waals surface area contributed by atoms with E-state index in [4.69, 9.17) is 4.74 Å². The normalized spacial score (nSPS) is 11.9. The molecule has 1 atom stereocenters. The molecule has 2 aromatic rings. The van der Waals surface area contributed by atoms with Crippen molar-refractivity contribution in [1.29, 1.82) is 0 Å². The predicted octanol–water partition coefficient (Wildman–Crippen LogP) is 2.66. The van der Waals surface area contributed by atoms with Crippen LogP contribution in [-0.2, 0) is 0 Å². The summed E-state index contributed by atoms with van der Waals surface area (Å²) in [6.45, 7) is 2.09. The lowest BCUT2D eigenvalue weighted by molar-refractivity contribution is 0.414. The first-order valence-electron chi connectivity index (χ1n) is 5.45. The molecular formula is C13H15N3O. The van der Waals surface area contributed by atoms with Crippen LogP contribution in [0.1, 0.15) is 18.5 Å². The molecule has 1 N–H and O–H groups in total. The highest BCUT2D eigenvalue weighted by atomic mass is 16.5. The van der Waals surface area contributed by atoms with Crippen LogP contribution in [0.2, 0.25) is 0 Å². The van der Waals surface area contributed by atoms with E-state index >= 15 is 0 Å². The number of ether oxygens (including phenoxy) is 1. The smallest absolute Gasteiger partial charge is 0.118 e. The minimum atomic E-state index is 0.201. The molecule has 1 aromatic carbocycles. The Kier molecular flexibility index (Phi) is 3.55. The molecule has 4 heteroatoms. The van der Waals surface area contributed by atoms with Crippen molar-refractivity contribution in [2.75, 3.05) is 12.4 Å². The van der Waals surface area contributed by atoms with E-state index in [1.807, 2.05) is 24.3 Å². The molecule has 0 radical (unpaired) electrons. The Morgan fingerprint density at radius 1 is 1.12 bits per heavy atom. The lowest BCUT2D eigenvalue weighted by Crippen LogP contribution is -2.06. The molecule has 0 bridgehead atoms. The van der Waals surface area contributed by atoms with Gasteiger partial charge in [-0.3, -0.25) is 0 Å². The van der Waals surface area contributed by atoms with Crippen LogP contribution in [-0.4, -0.2) is 17.1 Å². The molecule has 0 amide bonds. The summed E-state index contributed by atoms with van der Waals surface area (Å²) >= 11 is 0. The van der Waals surface area contributed by atoms with Gasteiger partial charge in [-0.2, -0.15) is 0 Å². The van der Waals surface area contributed by atoms with Crippen LogP contribution in [0.5, 0.6) is 5.75 Å². The Balaban J connectivity index is 2.06. The van der Waals surface area contributed by atoms with Gasteiger partial charge in [0.25, 0.3) is 0 Å². The van der Waals surface area contributed by atoms with Crippen molar-refractivity contribution in [2.45, 2.75) is 13.0 Å². The SMILES string of the molecule is COc1ccc(C(C)Nc2cncnc2)cc1. The monoisotopic (exact) mass is 229 g/mol. The summed E-state index contributed by atoms with van der Waals surface area (Å²) < 4.78 is 5.13. The maximum absolute atomic E-state index is 5.13. The zero-order valence-corrected chi connectivity index (χ0v) is 9.92. The van der Waals surface area contributed by atoms with Crippen molar-refractivity contribution in [1.82, 2.24) is 9.97 Å². The Labute approximate surface area is 101 Å². The molecule has 17 heavy (non-hydrogen) atoms. The molecule has 0 fully saturated rings. The fourth-order valence-electron chi connectivity index (χ4n) is 1.60. The van der Waals surface area contributed by atoms with Gasteiger partial charge in [0, 0.05) is 6.04 Å². The van der Waals surface area contributed by atoms with Gasteiger partial charge < -0.3 is 10.1 Å². The third-order valence-corrected chi connectivity index (χ3v) is 2.56. The van der Waals surface area contributed by atoms with Crippen LogP contribution in [0.3, 0.4) is 0 Å². The van der Waals surface area contributed by atoms with Gasteiger partial charge in [-0.05, 0) is 24.6 Å². The Hall–Kier alpha value is -2.10. The van der Waals surface area contributed by atoms with Crippen molar-refractivity contribution < 1.29 is 4.74 Å². The third kappa shape index (κ3) is 2.93. The van der Waals surface area contributed by atoms with Crippen molar-refractivity contribution >= 4 is 5.69 Å². The van der Waals surface area contributed by atoms with Crippen LogP contribution >= 0.6 is 0 Å². The van der Waals surface area contributed by atoms with E-state index in [1.54, 1.807) is 19.5 Å². The second-order valence-corrected chi connectivity index (χ2v) is 3.77. The Morgan fingerprint density at radius 3 is 2.35 bits per heavy atom. The number of anilines is 1. The van der Waals surface area contributed by atoms with E-state index in [1.165, 1.54) is 11.9 Å². The number of nitrogens with zero attached hydrogens (tertiary/aromatic N) is 2. The second-order valence-electron chi connectivity index (χ2n) is 3.77. The van der Waals surface area contributed by atoms with Crippen molar-refractivity contribution in [3.63, 3.8) is 0 Å². The zero-order chi connectivity index (χ0) is 12.1. The minimum Gasteiger partial charge on any atom is -0.497 e. The average Bonchev–Trinajstić information content (AvgIpc) is 2.40. The highest BCUT2D eigenvalue weighted by Gasteiger charge is 2.05. The van der Waals surface area contributed by atoms with Gasteiger partial charge in [-0.1, -0.05) is 12.1 Å². The number of hydrogen-bond acceptors (Lipinski definition) is 4. The molecular weight excluding hydrogens is 214 g/mol. The number of hydrogen-bond donors (Lipinski definition) is 1. The molecule has 4 nitrogen and oxygen atoms in total. The molecule has 88 valence electrons. The molecule has 1 heterocycles. The maximum atomic E-state index is 5.13. The van der Waals surface area contributed by atoms with E-state index in [9.17, 15) is 0 Å². The molecule has 0 aliphatic heterocycles. The molecule has 0 aliphatic carbocycles. The highest BCUT2D eigenvalue weighted by Crippen LogP contribution is 2.20. The predicted molar refractivity (Wildman–Crippen MR) is 67.1 cm³/mol. The molecule has 0 spiro atoms. The van der Waals surface area contributed by atoms with Gasteiger partial charge in [0.15, 0.2) is 0 Å². The first-order valence-corrected chi connectivity index (χ1v) is 5.45. The van der Waals surface area contributed by atoms with Gasteiger partial charge in [0.05, 0.1) is 25.2 Å². The number of methoxy groups -OCH3 is 1. The molecule has 1 unspecified atom stereocenters. The van der Waals surface area contributed by atoms with Crippen molar-refractivity contribution in [3.05, 3.63) is 48.5 Å². The quantitative estimate of drug-likeness (QED) is 0.875. The van der Waals surface area contributed by atoms with Crippen molar-refractivity contribution in [3.8, 4) is 5.75 Å². The second kappa shape index (κ2) is 5.30. The summed E-state index contributed by atoms with van der Waals surface area (Å²) in [6.07, 6.45) is 5.03. The van der Waals surface area contributed by atoms with Gasteiger partial charge in [0.1, 0.15) is 12.1 Å². The number of rotatable bonds is 4. The summed E-state index contributed by atoms with van der Waals surface area (Å²) in [4.78, 5) is 7.93. The first-order chi connectivity index (χ1) is 8.29. The van der Waals surface area contributed by atoms with Crippen LogP contribution < -0.4 is 10.1 Å². The van der Waals surface area contributed by atoms with Crippen LogP contribution in [0.25, 0.3) is 0 Å². The summed E-state index contributed by atoms with van der Waals surface area (Å²) in [6, 6.07) is 8.19. The highest BCUT2D eigenvalue weighted by molar-refractivity contribution is 5.41. The third-order valence-electron chi connectivity index (χ3n) is 2.56. The molecule has 1 aromatic heterocycles. The first kappa shape index (κ1) is 11.4. The van der Waals surface area contributed by atoms with Crippen LogP contribution in [0.4, 0.5) is 5.69 Å². The number of aromatic nitrogens is 2. The van der Waals surface area contributed by atoms with Gasteiger partial charge in [-0.25, -0.2) is 9.97 Å².